The molecule has 60 valence electrons. The van der Waals surface area contributed by atoms with Crippen LogP contribution in [0.1, 0.15) is 0 Å². The number of nitrogens with two attached hydrogens (primary N) is 1. The van der Waals surface area contributed by atoms with Crippen molar-refractivity contribution in [2.24, 2.45) is 5.73 Å². The number of rotatable bonds is 4. The van der Waals surface area contributed by atoms with Gasteiger partial charge in [-0.05, 0) is 7.05 Å². The van der Waals surface area contributed by atoms with Crippen molar-refractivity contribution in [3.63, 3.8) is 0 Å². The van der Waals surface area contributed by atoms with Gasteiger partial charge in [-0.15, -0.1) is 0 Å². The second-order valence-corrected chi connectivity index (χ2v) is 2.12. The molecule has 0 atom stereocenters. The molecule has 3 N–H and O–H groups in total. The van der Waals surface area contributed by atoms with Crippen LogP contribution in [0.25, 0.3) is 0 Å². The predicted octanol–water partition coefficient (Wildman–Crippen LogP) is -1.38. The number of carbonyl (C=O) groups is 1. The Morgan fingerprint density at radius 2 is 2.30 bits per heavy atom. The fourth-order valence-corrected chi connectivity index (χ4v) is 0.560. The molecule has 0 aliphatic heterocycles. The van der Waals surface area contributed by atoms with E-state index < -0.39 is 0 Å². The molecule has 0 spiro atoms. The second kappa shape index (κ2) is 5.20. The highest BCUT2D eigenvalue weighted by Gasteiger charge is 2.02. The van der Waals surface area contributed by atoms with Crippen LogP contribution >= 0.6 is 0 Å². The monoisotopic (exact) mass is 145 g/mol. The van der Waals surface area contributed by atoms with E-state index in [4.69, 9.17) is 5.73 Å². The maximum atomic E-state index is 10.8. The third kappa shape index (κ3) is 3.42. The van der Waals surface area contributed by atoms with Crippen molar-refractivity contribution in [3.05, 3.63) is 0 Å². The fraction of sp³-hybridized carbons (Fsp3) is 0.833. The maximum absolute atomic E-state index is 10.8. The molecule has 4 heteroatoms. The molecule has 0 aromatic rings. The SMILES string of the molecule is CNCCN(C)C(=O)CN. The average molecular weight is 145 g/mol. The van der Waals surface area contributed by atoms with Crippen LogP contribution in [-0.2, 0) is 4.79 Å². The first-order valence-electron chi connectivity index (χ1n) is 3.31. The van der Waals surface area contributed by atoms with E-state index in [1.165, 1.54) is 0 Å². The molecule has 0 radical (unpaired) electrons. The molecule has 0 aliphatic rings. The molecule has 0 aromatic carbocycles. The molecule has 10 heavy (non-hydrogen) atoms. The first-order chi connectivity index (χ1) is 4.72. The van der Waals surface area contributed by atoms with E-state index >= 15 is 0 Å². The van der Waals surface area contributed by atoms with E-state index in [9.17, 15) is 4.79 Å². The van der Waals surface area contributed by atoms with Crippen LogP contribution in [0.5, 0.6) is 0 Å². The van der Waals surface area contributed by atoms with Gasteiger partial charge >= 0.3 is 0 Å². The van der Waals surface area contributed by atoms with E-state index in [1.807, 2.05) is 7.05 Å². The van der Waals surface area contributed by atoms with Gasteiger partial charge in [0.1, 0.15) is 0 Å². The summed E-state index contributed by atoms with van der Waals surface area (Å²) in [7, 11) is 3.59. The zero-order chi connectivity index (χ0) is 7.98. The minimum Gasteiger partial charge on any atom is -0.343 e. The van der Waals surface area contributed by atoms with Gasteiger partial charge in [-0.3, -0.25) is 4.79 Å². The molecule has 0 unspecified atom stereocenters. The lowest BCUT2D eigenvalue weighted by molar-refractivity contribution is -0.128. The molecular weight excluding hydrogens is 130 g/mol. The molecule has 0 aromatic heterocycles. The van der Waals surface area contributed by atoms with Crippen LogP contribution in [0.15, 0.2) is 0 Å². The summed E-state index contributed by atoms with van der Waals surface area (Å²) in [6, 6.07) is 0. The number of hydrogen-bond donors (Lipinski definition) is 2. The largest absolute Gasteiger partial charge is 0.343 e. The van der Waals surface area contributed by atoms with Crippen molar-refractivity contribution in [2.45, 2.75) is 0 Å². The number of likely N-dealkylation sites (N-methyl/N-ethyl adjacent to an activating group) is 2. The first kappa shape index (κ1) is 9.39. The van der Waals surface area contributed by atoms with Crippen molar-refractivity contribution in [1.29, 1.82) is 0 Å². The van der Waals surface area contributed by atoms with Crippen molar-refractivity contribution >= 4 is 5.91 Å². The Morgan fingerprint density at radius 1 is 1.70 bits per heavy atom. The smallest absolute Gasteiger partial charge is 0.236 e. The fourth-order valence-electron chi connectivity index (χ4n) is 0.560. The standard InChI is InChI=1S/C6H15N3O/c1-8-3-4-9(2)6(10)5-7/h8H,3-5,7H2,1-2H3. The van der Waals surface area contributed by atoms with Gasteiger partial charge in [0.2, 0.25) is 5.91 Å². The quantitative estimate of drug-likeness (QED) is 0.513. The maximum Gasteiger partial charge on any atom is 0.236 e. The third-order valence-electron chi connectivity index (χ3n) is 1.30. The molecule has 0 bridgehead atoms. The molecule has 1 amide bonds. The van der Waals surface area contributed by atoms with Crippen molar-refractivity contribution in [3.8, 4) is 0 Å². The predicted molar refractivity (Wildman–Crippen MR) is 40.6 cm³/mol. The molecule has 0 saturated carbocycles. The van der Waals surface area contributed by atoms with Crippen LogP contribution < -0.4 is 11.1 Å². The summed E-state index contributed by atoms with van der Waals surface area (Å²) in [5.41, 5.74) is 5.13. The van der Waals surface area contributed by atoms with Gasteiger partial charge in [-0.2, -0.15) is 0 Å². The summed E-state index contributed by atoms with van der Waals surface area (Å²) >= 11 is 0. The van der Waals surface area contributed by atoms with E-state index in [2.05, 4.69) is 5.32 Å². The summed E-state index contributed by atoms with van der Waals surface area (Å²) < 4.78 is 0. The summed E-state index contributed by atoms with van der Waals surface area (Å²) in [4.78, 5) is 12.4. The van der Waals surface area contributed by atoms with E-state index in [1.54, 1.807) is 11.9 Å². The highest BCUT2D eigenvalue weighted by molar-refractivity contribution is 5.77. The lowest BCUT2D eigenvalue weighted by Crippen LogP contribution is -2.36. The topological polar surface area (TPSA) is 58.4 Å². The zero-order valence-corrected chi connectivity index (χ0v) is 6.55. The molecule has 0 fully saturated rings. The zero-order valence-electron chi connectivity index (χ0n) is 6.55. The van der Waals surface area contributed by atoms with Gasteiger partial charge in [-0.25, -0.2) is 0 Å². The minimum atomic E-state index is -0.0183. The van der Waals surface area contributed by atoms with Gasteiger partial charge in [-0.1, -0.05) is 0 Å². The number of nitrogens with zero attached hydrogens (tertiary/aromatic N) is 1. The molecular formula is C6H15N3O. The third-order valence-corrected chi connectivity index (χ3v) is 1.30. The van der Waals surface area contributed by atoms with Gasteiger partial charge in [0, 0.05) is 20.1 Å². The number of amides is 1. The summed E-state index contributed by atoms with van der Waals surface area (Å²) in [6.45, 7) is 1.62. The summed E-state index contributed by atoms with van der Waals surface area (Å²) in [5.74, 6) is -0.0183. The Kier molecular flexibility index (Phi) is 4.88. The van der Waals surface area contributed by atoms with E-state index in [-0.39, 0.29) is 12.5 Å². The molecule has 0 saturated heterocycles. The van der Waals surface area contributed by atoms with Crippen LogP contribution in [0, 0.1) is 0 Å². The molecule has 4 nitrogen and oxygen atoms in total. The Bertz CT molecular complexity index is 105. The minimum absolute atomic E-state index is 0.0183. The summed E-state index contributed by atoms with van der Waals surface area (Å²) in [5, 5.41) is 2.94. The van der Waals surface area contributed by atoms with E-state index in [0.717, 1.165) is 6.54 Å². The highest BCUT2D eigenvalue weighted by Crippen LogP contribution is 1.79. The number of carbonyl (C=O) groups excluding carboxylic acids is 1. The average Bonchev–Trinajstić information content (AvgIpc) is 1.98. The van der Waals surface area contributed by atoms with Crippen molar-refractivity contribution in [1.82, 2.24) is 10.2 Å². The van der Waals surface area contributed by atoms with Crippen LogP contribution in [0.3, 0.4) is 0 Å². The number of hydrogen-bond acceptors (Lipinski definition) is 3. The van der Waals surface area contributed by atoms with Crippen LogP contribution in [0.2, 0.25) is 0 Å². The molecule has 0 heterocycles. The van der Waals surface area contributed by atoms with Crippen LogP contribution in [-0.4, -0.2) is 44.5 Å². The van der Waals surface area contributed by atoms with Crippen molar-refractivity contribution in [2.75, 3.05) is 33.7 Å². The lowest BCUT2D eigenvalue weighted by Gasteiger charge is -2.14. The van der Waals surface area contributed by atoms with Gasteiger partial charge in [0.25, 0.3) is 0 Å². The van der Waals surface area contributed by atoms with Crippen LogP contribution in [0.4, 0.5) is 0 Å². The highest BCUT2D eigenvalue weighted by atomic mass is 16.2. The Balaban J connectivity index is 3.41. The molecule has 0 aliphatic carbocycles. The van der Waals surface area contributed by atoms with E-state index in [0.29, 0.717) is 6.54 Å². The normalized spacial score (nSPS) is 9.50. The van der Waals surface area contributed by atoms with Gasteiger partial charge in [0.15, 0.2) is 0 Å². The summed E-state index contributed by atoms with van der Waals surface area (Å²) in [6.07, 6.45) is 0. The van der Waals surface area contributed by atoms with Gasteiger partial charge < -0.3 is 16.0 Å². The van der Waals surface area contributed by atoms with Crippen molar-refractivity contribution < 1.29 is 4.79 Å². The van der Waals surface area contributed by atoms with Gasteiger partial charge in [0.05, 0.1) is 6.54 Å². The lowest BCUT2D eigenvalue weighted by atomic mass is 10.5. The Labute approximate surface area is 61.4 Å². The Hall–Kier alpha value is -0.610. The first-order valence-corrected chi connectivity index (χ1v) is 3.31. The second-order valence-electron chi connectivity index (χ2n) is 2.12. The Morgan fingerprint density at radius 3 is 2.70 bits per heavy atom. The number of nitrogens with one attached hydrogen (secondary N) is 1. The molecule has 0 rings (SSSR count).